The van der Waals surface area contributed by atoms with Gasteiger partial charge in [0.05, 0.1) is 5.25 Å². The Balaban J connectivity index is 1.95. The fourth-order valence-electron chi connectivity index (χ4n) is 2.32. The van der Waals surface area contributed by atoms with Gasteiger partial charge in [-0.1, -0.05) is 36.0 Å². The molecule has 5 nitrogen and oxygen atoms in total. The predicted octanol–water partition coefficient (Wildman–Crippen LogP) is 2.95. The van der Waals surface area contributed by atoms with Crippen LogP contribution in [0.4, 0.5) is 0 Å². The van der Waals surface area contributed by atoms with Gasteiger partial charge < -0.3 is 9.88 Å². The maximum Gasteiger partial charge on any atom is 0.216 e. The second kappa shape index (κ2) is 8.68. The van der Waals surface area contributed by atoms with Crippen LogP contribution >= 0.6 is 11.8 Å². The molecule has 0 saturated heterocycles. The number of carbonyl (C=O) groups excluding carboxylic acids is 2. The van der Waals surface area contributed by atoms with Crippen molar-refractivity contribution in [1.29, 1.82) is 0 Å². The third kappa shape index (κ3) is 4.96. The number of thioether (sulfide) groups is 1. The molecule has 0 saturated carbocycles. The van der Waals surface area contributed by atoms with Gasteiger partial charge in [-0.2, -0.15) is 0 Å². The maximum absolute atomic E-state index is 12.6. The van der Waals surface area contributed by atoms with E-state index in [9.17, 15) is 9.59 Å². The molecule has 1 aromatic heterocycles. The van der Waals surface area contributed by atoms with Crippen molar-refractivity contribution in [1.82, 2.24) is 14.9 Å². The Bertz CT molecular complexity index is 695. The van der Waals surface area contributed by atoms with Crippen LogP contribution in [-0.2, 0) is 17.8 Å². The van der Waals surface area contributed by atoms with Crippen molar-refractivity contribution >= 4 is 23.5 Å². The first-order chi connectivity index (χ1) is 11.5. The minimum atomic E-state index is -0.192. The summed E-state index contributed by atoms with van der Waals surface area (Å²) in [6, 6.07) is 7.60. The lowest BCUT2D eigenvalue weighted by molar-refractivity contribution is -0.118. The SMILES string of the molecule is CCn1ccnc1SC(C)C(=O)c1ccc(CCNC(C)=O)cc1. The summed E-state index contributed by atoms with van der Waals surface area (Å²) in [4.78, 5) is 27.7. The molecule has 1 unspecified atom stereocenters. The van der Waals surface area contributed by atoms with E-state index in [1.54, 1.807) is 6.20 Å². The molecule has 0 spiro atoms. The minimum absolute atomic E-state index is 0.0295. The number of nitrogens with zero attached hydrogens (tertiary/aromatic N) is 2. The van der Waals surface area contributed by atoms with Crippen molar-refractivity contribution in [3.05, 3.63) is 47.8 Å². The Morgan fingerprint density at radius 2 is 2.00 bits per heavy atom. The van der Waals surface area contributed by atoms with Crippen molar-refractivity contribution in [3.63, 3.8) is 0 Å². The lowest BCUT2D eigenvalue weighted by Gasteiger charge is -2.11. The molecule has 0 aliphatic heterocycles. The van der Waals surface area contributed by atoms with E-state index >= 15 is 0 Å². The fourth-order valence-corrected chi connectivity index (χ4v) is 3.33. The molecule has 1 heterocycles. The molecule has 128 valence electrons. The van der Waals surface area contributed by atoms with E-state index in [0.29, 0.717) is 12.1 Å². The van der Waals surface area contributed by atoms with Gasteiger partial charge in [0.15, 0.2) is 10.9 Å². The number of hydrogen-bond donors (Lipinski definition) is 1. The highest BCUT2D eigenvalue weighted by Crippen LogP contribution is 2.24. The number of imidazole rings is 1. The first kappa shape index (κ1) is 18.3. The molecular weight excluding hydrogens is 322 g/mol. The number of Topliss-reactive ketones (excluding diaryl/α,β-unsaturated/α-hetero) is 1. The summed E-state index contributed by atoms with van der Waals surface area (Å²) in [5.41, 5.74) is 1.80. The second-order valence-electron chi connectivity index (χ2n) is 5.55. The number of ketones is 1. The van der Waals surface area contributed by atoms with Gasteiger partial charge in [-0.3, -0.25) is 9.59 Å². The highest BCUT2D eigenvalue weighted by molar-refractivity contribution is 8.00. The van der Waals surface area contributed by atoms with E-state index in [4.69, 9.17) is 0 Å². The van der Waals surface area contributed by atoms with Crippen LogP contribution in [0.2, 0.25) is 0 Å². The standard InChI is InChI=1S/C18H23N3O2S/c1-4-21-12-11-20-18(21)24-13(2)17(23)16-7-5-15(6-8-16)9-10-19-14(3)22/h5-8,11-13H,4,9-10H2,1-3H3,(H,19,22). The molecule has 1 amide bonds. The van der Waals surface area contributed by atoms with Crippen LogP contribution in [0.1, 0.15) is 36.7 Å². The largest absolute Gasteiger partial charge is 0.356 e. The summed E-state index contributed by atoms with van der Waals surface area (Å²) in [7, 11) is 0. The van der Waals surface area contributed by atoms with Crippen LogP contribution in [0, 0.1) is 0 Å². The van der Waals surface area contributed by atoms with Crippen molar-refractivity contribution in [2.75, 3.05) is 6.54 Å². The second-order valence-corrected chi connectivity index (χ2v) is 6.86. The smallest absolute Gasteiger partial charge is 0.216 e. The molecule has 0 radical (unpaired) electrons. The Hall–Kier alpha value is -2.08. The maximum atomic E-state index is 12.6. The Morgan fingerprint density at radius 1 is 1.29 bits per heavy atom. The Kier molecular flexibility index (Phi) is 6.61. The number of rotatable bonds is 8. The van der Waals surface area contributed by atoms with Gasteiger partial charge in [-0.05, 0) is 25.8 Å². The van der Waals surface area contributed by atoms with Crippen LogP contribution in [0.3, 0.4) is 0 Å². The zero-order chi connectivity index (χ0) is 17.5. The summed E-state index contributed by atoms with van der Waals surface area (Å²) in [6.07, 6.45) is 4.43. The van der Waals surface area contributed by atoms with Gasteiger partial charge in [0, 0.05) is 38.0 Å². The van der Waals surface area contributed by atoms with E-state index in [-0.39, 0.29) is 16.9 Å². The van der Waals surface area contributed by atoms with Gasteiger partial charge in [0.1, 0.15) is 0 Å². The quantitative estimate of drug-likeness (QED) is 0.590. The minimum Gasteiger partial charge on any atom is -0.356 e. The molecule has 1 aromatic carbocycles. The first-order valence-corrected chi connectivity index (χ1v) is 8.94. The lowest BCUT2D eigenvalue weighted by Crippen LogP contribution is -2.22. The summed E-state index contributed by atoms with van der Waals surface area (Å²) in [6.45, 7) is 6.91. The highest BCUT2D eigenvalue weighted by atomic mass is 32.2. The van der Waals surface area contributed by atoms with Crippen LogP contribution in [0.5, 0.6) is 0 Å². The third-order valence-corrected chi connectivity index (χ3v) is 4.81. The van der Waals surface area contributed by atoms with Crippen LogP contribution in [-0.4, -0.2) is 33.0 Å². The molecule has 2 aromatic rings. The van der Waals surface area contributed by atoms with E-state index in [0.717, 1.165) is 23.7 Å². The lowest BCUT2D eigenvalue weighted by atomic mass is 10.0. The monoisotopic (exact) mass is 345 g/mol. The molecule has 1 atom stereocenters. The van der Waals surface area contributed by atoms with Gasteiger partial charge in [-0.25, -0.2) is 4.98 Å². The normalized spacial score (nSPS) is 12.0. The summed E-state index contributed by atoms with van der Waals surface area (Å²) < 4.78 is 2.03. The number of aryl methyl sites for hydroxylation is 1. The average molecular weight is 345 g/mol. The van der Waals surface area contributed by atoms with Crippen LogP contribution in [0.25, 0.3) is 0 Å². The summed E-state index contributed by atoms with van der Waals surface area (Å²) in [5.74, 6) is 0.0668. The number of carbonyl (C=O) groups is 2. The first-order valence-electron chi connectivity index (χ1n) is 8.06. The number of amides is 1. The summed E-state index contributed by atoms with van der Waals surface area (Å²) in [5, 5.41) is 3.44. The van der Waals surface area contributed by atoms with Gasteiger partial charge in [0.2, 0.25) is 5.91 Å². The molecule has 0 fully saturated rings. The average Bonchev–Trinajstić information content (AvgIpc) is 3.01. The number of benzene rings is 1. The predicted molar refractivity (Wildman–Crippen MR) is 96.4 cm³/mol. The molecular formula is C18H23N3O2S. The van der Waals surface area contributed by atoms with Gasteiger partial charge in [0.25, 0.3) is 0 Å². The van der Waals surface area contributed by atoms with Gasteiger partial charge >= 0.3 is 0 Å². The van der Waals surface area contributed by atoms with E-state index in [2.05, 4.69) is 17.2 Å². The highest BCUT2D eigenvalue weighted by Gasteiger charge is 2.18. The Morgan fingerprint density at radius 3 is 2.62 bits per heavy atom. The summed E-state index contributed by atoms with van der Waals surface area (Å²) >= 11 is 1.48. The molecule has 0 aliphatic rings. The van der Waals surface area contributed by atoms with Crippen molar-refractivity contribution in [3.8, 4) is 0 Å². The Labute approximate surface area is 146 Å². The number of nitrogens with one attached hydrogen (secondary N) is 1. The molecule has 0 aliphatic carbocycles. The van der Waals surface area contributed by atoms with E-state index in [1.165, 1.54) is 18.7 Å². The number of aromatic nitrogens is 2. The van der Waals surface area contributed by atoms with Crippen molar-refractivity contribution in [2.45, 2.75) is 44.1 Å². The molecule has 2 rings (SSSR count). The fraction of sp³-hybridized carbons (Fsp3) is 0.389. The number of hydrogen-bond acceptors (Lipinski definition) is 4. The molecule has 6 heteroatoms. The van der Waals surface area contributed by atoms with Gasteiger partial charge in [-0.15, -0.1) is 0 Å². The molecule has 24 heavy (non-hydrogen) atoms. The molecule has 0 bridgehead atoms. The zero-order valence-electron chi connectivity index (χ0n) is 14.3. The zero-order valence-corrected chi connectivity index (χ0v) is 15.1. The van der Waals surface area contributed by atoms with Crippen LogP contribution in [0.15, 0.2) is 41.8 Å². The molecule has 1 N–H and O–H groups in total. The van der Waals surface area contributed by atoms with Crippen molar-refractivity contribution < 1.29 is 9.59 Å². The van der Waals surface area contributed by atoms with Crippen molar-refractivity contribution in [2.24, 2.45) is 0 Å². The van der Waals surface area contributed by atoms with E-state index < -0.39 is 0 Å². The van der Waals surface area contributed by atoms with Crippen LogP contribution < -0.4 is 5.32 Å². The topological polar surface area (TPSA) is 64.0 Å². The third-order valence-electron chi connectivity index (χ3n) is 3.70. The van der Waals surface area contributed by atoms with E-state index in [1.807, 2.05) is 42.0 Å².